The summed E-state index contributed by atoms with van der Waals surface area (Å²) in [5.41, 5.74) is 6.21. The molecule has 1 aliphatic rings. The molecule has 1 aromatic rings. The summed E-state index contributed by atoms with van der Waals surface area (Å²) in [6.07, 6.45) is 5.03. The van der Waals surface area contributed by atoms with Crippen LogP contribution in [-0.2, 0) is 16.3 Å². The van der Waals surface area contributed by atoms with Crippen LogP contribution in [0.15, 0.2) is 11.1 Å². The van der Waals surface area contributed by atoms with Gasteiger partial charge in [-0.05, 0) is 25.5 Å². The first-order valence-corrected chi connectivity index (χ1v) is 7.68. The minimum atomic E-state index is -3.28. The highest BCUT2D eigenvalue weighted by Gasteiger charge is 2.24. The van der Waals surface area contributed by atoms with Crippen molar-refractivity contribution in [1.29, 1.82) is 0 Å². The van der Waals surface area contributed by atoms with E-state index >= 15 is 0 Å². The average Bonchev–Trinajstić information content (AvgIpc) is 2.13. The zero-order valence-corrected chi connectivity index (χ0v) is 10.7. The number of hydrogen-bond acceptors (Lipinski definition) is 5. The quantitative estimate of drug-likeness (QED) is 0.798. The summed E-state index contributed by atoms with van der Waals surface area (Å²) >= 11 is 0. The molecule has 0 aliphatic heterocycles. The van der Waals surface area contributed by atoms with Crippen LogP contribution in [-0.4, -0.2) is 31.2 Å². The van der Waals surface area contributed by atoms with Gasteiger partial charge in [-0.2, -0.15) is 0 Å². The lowest BCUT2D eigenvalue weighted by Crippen LogP contribution is -2.17. The van der Waals surface area contributed by atoms with Crippen LogP contribution in [0.4, 0.5) is 0 Å². The van der Waals surface area contributed by atoms with Gasteiger partial charge in [0.05, 0.1) is 0 Å². The van der Waals surface area contributed by atoms with E-state index in [2.05, 4.69) is 9.97 Å². The van der Waals surface area contributed by atoms with Gasteiger partial charge in [-0.3, -0.25) is 0 Å². The van der Waals surface area contributed by atoms with E-state index < -0.39 is 9.84 Å². The van der Waals surface area contributed by atoms with Crippen LogP contribution >= 0.6 is 0 Å². The van der Waals surface area contributed by atoms with E-state index in [1.165, 1.54) is 18.7 Å². The molecule has 0 aromatic carbocycles. The summed E-state index contributed by atoms with van der Waals surface area (Å²) < 4.78 is 23.1. The predicted molar refractivity (Wildman–Crippen MR) is 64.5 cm³/mol. The van der Waals surface area contributed by atoms with Crippen molar-refractivity contribution in [2.45, 2.75) is 36.6 Å². The number of rotatable bonds is 4. The van der Waals surface area contributed by atoms with Gasteiger partial charge in [0.2, 0.25) is 0 Å². The second-order valence-electron chi connectivity index (χ2n) is 4.49. The monoisotopic (exact) mass is 255 g/mol. The molecule has 1 fully saturated rings. The van der Waals surface area contributed by atoms with E-state index in [0.29, 0.717) is 24.7 Å². The van der Waals surface area contributed by atoms with Crippen molar-refractivity contribution in [2.75, 3.05) is 12.8 Å². The van der Waals surface area contributed by atoms with E-state index in [0.717, 1.165) is 18.5 Å². The van der Waals surface area contributed by atoms with Crippen molar-refractivity contribution >= 4 is 9.84 Å². The lowest BCUT2D eigenvalue weighted by Gasteiger charge is -2.24. The lowest BCUT2D eigenvalue weighted by molar-refractivity contribution is 0.397. The molecule has 0 bridgehead atoms. The third-order valence-corrected chi connectivity index (χ3v) is 3.99. The summed E-state index contributed by atoms with van der Waals surface area (Å²) in [7, 11) is -3.28. The Bertz CT molecular complexity index is 509. The van der Waals surface area contributed by atoms with Gasteiger partial charge in [0.1, 0.15) is 5.82 Å². The van der Waals surface area contributed by atoms with E-state index in [1.54, 1.807) is 0 Å². The Labute approximate surface area is 101 Å². The SMILES string of the molecule is CS(=O)(=O)c1cc(CCN)nc(C2CCC2)n1. The molecule has 0 spiro atoms. The van der Waals surface area contributed by atoms with Crippen molar-refractivity contribution in [3.05, 3.63) is 17.6 Å². The lowest BCUT2D eigenvalue weighted by atomic mass is 9.85. The molecule has 0 atom stereocenters. The highest BCUT2D eigenvalue weighted by molar-refractivity contribution is 7.90. The van der Waals surface area contributed by atoms with Crippen LogP contribution in [0, 0.1) is 0 Å². The Kier molecular flexibility index (Phi) is 3.44. The molecule has 5 nitrogen and oxygen atoms in total. The zero-order chi connectivity index (χ0) is 12.5. The minimum absolute atomic E-state index is 0.123. The van der Waals surface area contributed by atoms with Crippen LogP contribution in [0.5, 0.6) is 0 Å². The number of nitrogens with zero attached hydrogens (tertiary/aromatic N) is 2. The van der Waals surface area contributed by atoms with Crippen LogP contribution in [0.25, 0.3) is 0 Å². The molecule has 94 valence electrons. The highest BCUT2D eigenvalue weighted by atomic mass is 32.2. The molecule has 0 amide bonds. The number of nitrogens with two attached hydrogens (primary N) is 1. The van der Waals surface area contributed by atoms with Gasteiger partial charge in [-0.1, -0.05) is 6.42 Å². The molecule has 2 rings (SSSR count). The normalized spacial score (nSPS) is 16.8. The second kappa shape index (κ2) is 4.70. The summed E-state index contributed by atoms with van der Waals surface area (Å²) in [6.45, 7) is 0.463. The van der Waals surface area contributed by atoms with Gasteiger partial charge in [-0.15, -0.1) is 0 Å². The van der Waals surface area contributed by atoms with E-state index in [9.17, 15) is 8.42 Å². The maximum atomic E-state index is 11.5. The van der Waals surface area contributed by atoms with Crippen molar-refractivity contribution < 1.29 is 8.42 Å². The van der Waals surface area contributed by atoms with Gasteiger partial charge in [0.15, 0.2) is 14.9 Å². The van der Waals surface area contributed by atoms with Gasteiger partial charge in [0, 0.05) is 24.3 Å². The maximum absolute atomic E-state index is 11.5. The Morgan fingerprint density at radius 2 is 2.12 bits per heavy atom. The second-order valence-corrected chi connectivity index (χ2v) is 6.46. The fourth-order valence-electron chi connectivity index (χ4n) is 1.81. The highest BCUT2D eigenvalue weighted by Crippen LogP contribution is 2.34. The van der Waals surface area contributed by atoms with Crippen molar-refractivity contribution in [3.63, 3.8) is 0 Å². The fourth-order valence-corrected chi connectivity index (χ4v) is 2.42. The van der Waals surface area contributed by atoms with Gasteiger partial charge < -0.3 is 5.73 Å². The molecule has 0 radical (unpaired) electrons. The molecular weight excluding hydrogens is 238 g/mol. The number of hydrogen-bond donors (Lipinski definition) is 1. The maximum Gasteiger partial charge on any atom is 0.192 e. The Morgan fingerprint density at radius 3 is 2.59 bits per heavy atom. The van der Waals surface area contributed by atoms with Gasteiger partial charge in [0.25, 0.3) is 0 Å². The molecule has 6 heteroatoms. The summed E-state index contributed by atoms with van der Waals surface area (Å²) in [6, 6.07) is 1.53. The zero-order valence-electron chi connectivity index (χ0n) is 9.89. The van der Waals surface area contributed by atoms with Gasteiger partial charge in [-0.25, -0.2) is 18.4 Å². The van der Waals surface area contributed by atoms with Crippen LogP contribution in [0.3, 0.4) is 0 Å². The molecule has 1 aliphatic carbocycles. The molecule has 1 saturated carbocycles. The fraction of sp³-hybridized carbons (Fsp3) is 0.636. The van der Waals surface area contributed by atoms with Crippen LogP contribution in [0.1, 0.15) is 36.7 Å². The molecule has 0 saturated heterocycles. The van der Waals surface area contributed by atoms with E-state index in [1.807, 2.05) is 0 Å². The first-order valence-electron chi connectivity index (χ1n) is 5.78. The third-order valence-electron chi connectivity index (χ3n) is 3.02. The first-order chi connectivity index (χ1) is 8.00. The topological polar surface area (TPSA) is 85.9 Å². The van der Waals surface area contributed by atoms with Crippen molar-refractivity contribution in [1.82, 2.24) is 9.97 Å². The molecule has 17 heavy (non-hydrogen) atoms. The summed E-state index contributed by atoms with van der Waals surface area (Å²) in [5.74, 6) is 0.996. The average molecular weight is 255 g/mol. The molecule has 1 heterocycles. The van der Waals surface area contributed by atoms with Gasteiger partial charge >= 0.3 is 0 Å². The summed E-state index contributed by atoms with van der Waals surface area (Å²) in [5, 5.41) is 0.123. The Morgan fingerprint density at radius 1 is 1.41 bits per heavy atom. The molecule has 1 aromatic heterocycles. The molecule has 2 N–H and O–H groups in total. The van der Waals surface area contributed by atoms with E-state index in [-0.39, 0.29) is 5.03 Å². The van der Waals surface area contributed by atoms with Crippen molar-refractivity contribution in [3.8, 4) is 0 Å². The standard InChI is InChI=1S/C11H17N3O2S/c1-17(15,16)10-7-9(5-6-12)13-11(14-10)8-3-2-4-8/h7-8H,2-6,12H2,1H3. The predicted octanol–water partition coefficient (Wildman–Crippen LogP) is 0.649. The molecule has 0 unspecified atom stereocenters. The van der Waals surface area contributed by atoms with E-state index in [4.69, 9.17) is 5.73 Å². The smallest absolute Gasteiger partial charge is 0.192 e. The minimum Gasteiger partial charge on any atom is -0.330 e. The summed E-state index contributed by atoms with van der Waals surface area (Å²) in [4.78, 5) is 8.57. The van der Waals surface area contributed by atoms with Crippen LogP contribution < -0.4 is 5.73 Å². The Hall–Kier alpha value is -1.01. The number of aromatic nitrogens is 2. The van der Waals surface area contributed by atoms with Crippen LogP contribution in [0.2, 0.25) is 0 Å². The third kappa shape index (κ3) is 2.81. The Balaban J connectivity index is 2.41. The largest absolute Gasteiger partial charge is 0.330 e. The molecular formula is C11H17N3O2S. The first kappa shape index (κ1) is 12.4. The number of sulfone groups is 1. The van der Waals surface area contributed by atoms with Crippen molar-refractivity contribution in [2.24, 2.45) is 5.73 Å².